The Morgan fingerprint density at radius 2 is 2.18 bits per heavy atom. The molecule has 1 aliphatic heterocycles. The van der Waals surface area contributed by atoms with E-state index in [0.717, 1.165) is 12.8 Å². The quantitative estimate of drug-likeness (QED) is 0.761. The lowest BCUT2D eigenvalue weighted by molar-refractivity contribution is -0.158. The van der Waals surface area contributed by atoms with E-state index in [1.807, 2.05) is 13.8 Å². The van der Waals surface area contributed by atoms with Crippen molar-refractivity contribution in [3.8, 4) is 0 Å². The molecule has 2 atom stereocenters. The Morgan fingerprint density at radius 1 is 1.53 bits per heavy atom. The molecule has 1 aliphatic carbocycles. The zero-order valence-corrected chi connectivity index (χ0v) is 10.7. The van der Waals surface area contributed by atoms with Gasteiger partial charge in [0.2, 0.25) is 11.8 Å². The molecule has 1 saturated carbocycles. The van der Waals surface area contributed by atoms with Gasteiger partial charge in [-0.1, -0.05) is 0 Å². The molecule has 2 aliphatic rings. The summed E-state index contributed by atoms with van der Waals surface area (Å²) in [6.45, 7) is 4.38. The Hall–Kier alpha value is -1.10. The Kier molecular flexibility index (Phi) is 3.12. The van der Waals surface area contributed by atoms with Crippen LogP contribution in [0.25, 0.3) is 0 Å². The molecule has 5 heteroatoms. The molecule has 0 aromatic rings. The molecular weight excluding hydrogens is 220 g/mol. The van der Waals surface area contributed by atoms with Gasteiger partial charge >= 0.3 is 0 Å². The lowest BCUT2D eigenvalue weighted by Gasteiger charge is -2.46. The van der Waals surface area contributed by atoms with Gasteiger partial charge in [-0.2, -0.15) is 0 Å². The normalized spacial score (nSPS) is 31.4. The van der Waals surface area contributed by atoms with Crippen molar-refractivity contribution in [1.82, 2.24) is 10.2 Å². The van der Waals surface area contributed by atoms with Gasteiger partial charge in [-0.25, -0.2) is 0 Å². The Bertz CT molecular complexity index is 341. The molecule has 0 bridgehead atoms. The molecule has 0 aromatic heterocycles. The molecule has 5 nitrogen and oxygen atoms in total. The smallest absolute Gasteiger partial charge is 0.246 e. The first-order chi connectivity index (χ1) is 8.01. The molecule has 0 spiro atoms. The zero-order valence-electron chi connectivity index (χ0n) is 10.7. The number of rotatable bonds is 4. The predicted molar refractivity (Wildman–Crippen MR) is 62.3 cm³/mol. The van der Waals surface area contributed by atoms with Gasteiger partial charge in [0.1, 0.15) is 5.54 Å². The zero-order chi connectivity index (χ0) is 12.6. The largest absolute Gasteiger partial charge is 0.383 e. The Morgan fingerprint density at radius 3 is 2.71 bits per heavy atom. The van der Waals surface area contributed by atoms with Crippen molar-refractivity contribution >= 4 is 11.8 Å². The number of ether oxygens (including phenoxy) is 1. The average molecular weight is 240 g/mol. The molecule has 1 heterocycles. The van der Waals surface area contributed by atoms with E-state index in [1.54, 1.807) is 12.0 Å². The van der Waals surface area contributed by atoms with E-state index in [-0.39, 0.29) is 24.4 Å². The van der Waals surface area contributed by atoms with Gasteiger partial charge in [-0.05, 0) is 32.6 Å². The summed E-state index contributed by atoms with van der Waals surface area (Å²) in [5.74, 6) is 0.261. The van der Waals surface area contributed by atoms with Crippen molar-refractivity contribution < 1.29 is 14.3 Å². The van der Waals surface area contributed by atoms with Crippen LogP contribution < -0.4 is 5.32 Å². The second kappa shape index (κ2) is 4.29. The molecule has 17 heavy (non-hydrogen) atoms. The van der Waals surface area contributed by atoms with Crippen LogP contribution in [0.3, 0.4) is 0 Å². The van der Waals surface area contributed by atoms with E-state index >= 15 is 0 Å². The molecule has 1 saturated heterocycles. The van der Waals surface area contributed by atoms with Crippen LogP contribution in [-0.4, -0.2) is 48.6 Å². The number of piperazine rings is 1. The van der Waals surface area contributed by atoms with Crippen molar-refractivity contribution in [2.24, 2.45) is 5.92 Å². The summed E-state index contributed by atoms with van der Waals surface area (Å²) in [5.41, 5.74) is -0.687. The van der Waals surface area contributed by atoms with Crippen LogP contribution in [0.2, 0.25) is 0 Å². The van der Waals surface area contributed by atoms with Crippen LogP contribution in [0.1, 0.15) is 26.7 Å². The molecule has 2 fully saturated rings. The third kappa shape index (κ3) is 1.92. The van der Waals surface area contributed by atoms with Crippen molar-refractivity contribution in [2.75, 3.05) is 20.3 Å². The number of nitrogens with zero attached hydrogens (tertiary/aromatic N) is 1. The lowest BCUT2D eigenvalue weighted by Crippen LogP contribution is -2.69. The number of carbonyl (C=O) groups excluding carboxylic acids is 2. The first-order valence-electron chi connectivity index (χ1n) is 6.11. The highest BCUT2D eigenvalue weighted by Gasteiger charge is 2.56. The van der Waals surface area contributed by atoms with E-state index < -0.39 is 5.54 Å². The average Bonchev–Trinajstić information content (AvgIpc) is 3.08. The summed E-state index contributed by atoms with van der Waals surface area (Å²) in [4.78, 5) is 25.9. The summed E-state index contributed by atoms with van der Waals surface area (Å²) < 4.78 is 5.11. The first kappa shape index (κ1) is 12.4. The summed E-state index contributed by atoms with van der Waals surface area (Å²) in [6, 6.07) is -0.0656. The van der Waals surface area contributed by atoms with E-state index in [0.29, 0.717) is 12.5 Å². The van der Waals surface area contributed by atoms with Gasteiger partial charge in [0, 0.05) is 7.11 Å². The van der Waals surface area contributed by atoms with Crippen molar-refractivity contribution in [1.29, 1.82) is 0 Å². The fraction of sp³-hybridized carbons (Fsp3) is 0.833. The summed E-state index contributed by atoms with van der Waals surface area (Å²) in [6.07, 6.45) is 2.04. The van der Waals surface area contributed by atoms with Gasteiger partial charge in [0.05, 0.1) is 19.2 Å². The van der Waals surface area contributed by atoms with Crippen LogP contribution in [0.15, 0.2) is 0 Å². The maximum Gasteiger partial charge on any atom is 0.246 e. The van der Waals surface area contributed by atoms with E-state index in [2.05, 4.69) is 5.32 Å². The minimum atomic E-state index is -0.687. The molecule has 2 unspecified atom stereocenters. The number of hydrogen-bond donors (Lipinski definition) is 1. The number of nitrogens with one attached hydrogen (secondary N) is 1. The van der Waals surface area contributed by atoms with E-state index in [4.69, 9.17) is 4.74 Å². The highest BCUT2D eigenvalue weighted by Crippen LogP contribution is 2.44. The molecular formula is C12H20N2O3. The van der Waals surface area contributed by atoms with Crippen LogP contribution in [-0.2, 0) is 14.3 Å². The standard InChI is InChI=1S/C12H20N2O3/c1-8(7-17-3)14-10(15)6-13-11(16)12(14,2)9-4-5-9/h8-9H,4-7H2,1-3H3,(H,13,16). The topological polar surface area (TPSA) is 58.6 Å². The van der Waals surface area contributed by atoms with Gasteiger partial charge in [0.25, 0.3) is 0 Å². The van der Waals surface area contributed by atoms with Crippen molar-refractivity contribution in [3.05, 3.63) is 0 Å². The minimum absolute atomic E-state index is 0.0106. The van der Waals surface area contributed by atoms with Gasteiger partial charge in [0.15, 0.2) is 0 Å². The maximum atomic E-state index is 12.1. The van der Waals surface area contributed by atoms with Gasteiger partial charge in [-0.15, -0.1) is 0 Å². The fourth-order valence-electron chi connectivity index (χ4n) is 2.84. The molecule has 2 rings (SSSR count). The molecule has 2 amide bonds. The van der Waals surface area contributed by atoms with Gasteiger partial charge < -0.3 is 15.0 Å². The third-order valence-corrected chi connectivity index (χ3v) is 3.85. The number of carbonyl (C=O) groups is 2. The monoisotopic (exact) mass is 240 g/mol. The lowest BCUT2D eigenvalue weighted by atomic mass is 9.88. The number of amides is 2. The van der Waals surface area contributed by atoms with Crippen molar-refractivity contribution in [3.63, 3.8) is 0 Å². The Balaban J connectivity index is 2.28. The molecule has 0 radical (unpaired) electrons. The highest BCUT2D eigenvalue weighted by molar-refractivity contribution is 5.98. The Labute approximate surface area is 101 Å². The van der Waals surface area contributed by atoms with E-state index in [1.165, 1.54) is 0 Å². The molecule has 96 valence electrons. The molecule has 1 N–H and O–H groups in total. The summed E-state index contributed by atoms with van der Waals surface area (Å²) >= 11 is 0. The predicted octanol–water partition coefficient (Wildman–Crippen LogP) is 0.148. The third-order valence-electron chi connectivity index (χ3n) is 3.85. The maximum absolute atomic E-state index is 12.1. The second-order valence-corrected chi connectivity index (χ2v) is 5.17. The second-order valence-electron chi connectivity index (χ2n) is 5.17. The van der Waals surface area contributed by atoms with Crippen molar-refractivity contribution in [2.45, 2.75) is 38.3 Å². The van der Waals surface area contributed by atoms with Crippen LogP contribution in [0, 0.1) is 5.92 Å². The molecule has 0 aromatic carbocycles. The fourth-order valence-corrected chi connectivity index (χ4v) is 2.84. The number of methoxy groups -OCH3 is 1. The SMILES string of the molecule is COCC(C)N1C(=O)CNC(=O)C1(C)C1CC1. The minimum Gasteiger partial charge on any atom is -0.383 e. The number of hydrogen-bond acceptors (Lipinski definition) is 3. The van der Waals surface area contributed by atoms with Crippen LogP contribution in [0.5, 0.6) is 0 Å². The van der Waals surface area contributed by atoms with Gasteiger partial charge in [-0.3, -0.25) is 9.59 Å². The summed E-state index contributed by atoms with van der Waals surface area (Å²) in [5, 5.41) is 2.70. The highest BCUT2D eigenvalue weighted by atomic mass is 16.5. The first-order valence-corrected chi connectivity index (χ1v) is 6.11. The van der Waals surface area contributed by atoms with Crippen LogP contribution in [0.4, 0.5) is 0 Å². The van der Waals surface area contributed by atoms with Crippen LogP contribution >= 0.6 is 0 Å². The summed E-state index contributed by atoms with van der Waals surface area (Å²) in [7, 11) is 1.61. The van der Waals surface area contributed by atoms with E-state index in [9.17, 15) is 9.59 Å².